The number of fused-ring (bicyclic) bond motifs is 3. The third-order valence-corrected chi connectivity index (χ3v) is 19.5. The smallest absolute Gasteiger partial charge is 0.303 e. The maximum absolute atomic E-state index is 11.2. The summed E-state index contributed by atoms with van der Waals surface area (Å²) in [5.74, 6) is 7.20. The number of hydrogen-bond donors (Lipinski definition) is 1. The largest absolute Gasteiger partial charge is 0.489 e. The van der Waals surface area contributed by atoms with Crippen LogP contribution in [-0.2, 0) is 20.1 Å². The van der Waals surface area contributed by atoms with Crippen LogP contribution in [0.1, 0.15) is 98.1 Å². The SMILES string of the molecule is CC#CC[C@H](C)C(/C=C/[C@H]1C(O[Si](C)(C)C(C)(C)C)C[C@@H]2Oc3c(CCCC(=O)O)cccc3[C@@H]21)O[Si](C)(C)C(C)(C)C. The highest BCUT2D eigenvalue weighted by Crippen LogP contribution is 2.54. The molecule has 7 heteroatoms. The maximum atomic E-state index is 11.2. The van der Waals surface area contributed by atoms with Crippen LogP contribution in [0.4, 0.5) is 0 Å². The van der Waals surface area contributed by atoms with Crippen LogP contribution in [0.3, 0.4) is 0 Å². The van der Waals surface area contributed by atoms with E-state index in [2.05, 4.69) is 117 Å². The number of para-hydroxylation sites is 1. The third kappa shape index (κ3) is 8.45. The monoisotopic (exact) mass is 626 g/mol. The lowest BCUT2D eigenvalue weighted by atomic mass is 9.86. The molecule has 1 heterocycles. The predicted molar refractivity (Wildman–Crippen MR) is 183 cm³/mol. The second kappa shape index (κ2) is 13.6. The lowest BCUT2D eigenvalue weighted by molar-refractivity contribution is -0.137. The number of carboxylic acid groups (broad SMARTS) is 1. The van der Waals surface area contributed by atoms with E-state index in [0.717, 1.165) is 24.2 Å². The van der Waals surface area contributed by atoms with Gasteiger partial charge in [0, 0.05) is 36.7 Å². The molecule has 0 saturated heterocycles. The van der Waals surface area contributed by atoms with Crippen LogP contribution in [0.5, 0.6) is 5.75 Å². The second-order valence-corrected chi connectivity index (χ2v) is 25.3. The fraction of sp³-hybridized carbons (Fsp3) is 0.694. The van der Waals surface area contributed by atoms with E-state index in [0.29, 0.717) is 12.8 Å². The molecule has 6 atom stereocenters. The molecule has 1 aromatic carbocycles. The summed E-state index contributed by atoms with van der Waals surface area (Å²) in [4.78, 5) is 11.2. The van der Waals surface area contributed by atoms with Crippen molar-refractivity contribution in [3.05, 3.63) is 41.5 Å². The van der Waals surface area contributed by atoms with Gasteiger partial charge in [-0.25, -0.2) is 0 Å². The first-order valence-electron chi connectivity index (χ1n) is 16.2. The molecule has 2 unspecified atom stereocenters. The summed E-state index contributed by atoms with van der Waals surface area (Å²) in [6.07, 6.45) is 7.93. The summed E-state index contributed by atoms with van der Waals surface area (Å²) in [6, 6.07) is 6.41. The van der Waals surface area contributed by atoms with Crippen molar-refractivity contribution in [2.45, 2.75) is 148 Å². The lowest BCUT2D eigenvalue weighted by Gasteiger charge is -2.41. The van der Waals surface area contributed by atoms with Crippen molar-refractivity contribution >= 4 is 22.6 Å². The molecule has 1 aromatic rings. The number of benzene rings is 1. The molecule has 1 fully saturated rings. The number of hydrogen-bond acceptors (Lipinski definition) is 4. The summed E-state index contributed by atoms with van der Waals surface area (Å²) >= 11 is 0. The van der Waals surface area contributed by atoms with Gasteiger partial charge >= 0.3 is 5.97 Å². The molecule has 3 rings (SSSR count). The number of ether oxygens (including phenoxy) is 1. The topological polar surface area (TPSA) is 65.0 Å². The van der Waals surface area contributed by atoms with Crippen LogP contribution in [-0.4, -0.2) is 46.0 Å². The van der Waals surface area contributed by atoms with Crippen molar-refractivity contribution < 1.29 is 23.5 Å². The Bertz CT molecular complexity index is 1210. The minimum atomic E-state index is -2.04. The van der Waals surface area contributed by atoms with Crippen LogP contribution >= 0.6 is 0 Å². The molecule has 0 radical (unpaired) electrons. The van der Waals surface area contributed by atoms with Crippen molar-refractivity contribution in [3.63, 3.8) is 0 Å². The average molecular weight is 627 g/mol. The van der Waals surface area contributed by atoms with E-state index < -0.39 is 22.6 Å². The highest BCUT2D eigenvalue weighted by Gasteiger charge is 2.52. The van der Waals surface area contributed by atoms with E-state index in [-0.39, 0.29) is 52.6 Å². The van der Waals surface area contributed by atoms with Gasteiger partial charge in [-0.1, -0.05) is 78.8 Å². The van der Waals surface area contributed by atoms with Gasteiger partial charge in [-0.15, -0.1) is 11.8 Å². The fourth-order valence-electron chi connectivity index (χ4n) is 5.73. The normalized spacial score (nSPS) is 23.7. The quantitative estimate of drug-likeness (QED) is 0.142. The molecule has 0 bridgehead atoms. The van der Waals surface area contributed by atoms with E-state index in [1.165, 1.54) is 5.56 Å². The minimum Gasteiger partial charge on any atom is -0.489 e. The van der Waals surface area contributed by atoms with E-state index >= 15 is 0 Å². The molecule has 1 N–H and O–H groups in total. The van der Waals surface area contributed by atoms with Gasteiger partial charge < -0.3 is 18.7 Å². The Morgan fingerprint density at radius 2 is 1.77 bits per heavy atom. The van der Waals surface area contributed by atoms with Gasteiger partial charge in [-0.2, -0.15) is 0 Å². The molecule has 0 spiro atoms. The fourth-order valence-corrected chi connectivity index (χ4v) is 8.44. The van der Waals surface area contributed by atoms with Crippen LogP contribution in [0.2, 0.25) is 36.3 Å². The summed E-state index contributed by atoms with van der Waals surface area (Å²) in [5, 5.41) is 9.39. The molecule has 240 valence electrons. The summed E-state index contributed by atoms with van der Waals surface area (Å²) in [5.41, 5.74) is 2.35. The lowest BCUT2D eigenvalue weighted by Crippen LogP contribution is -2.45. The van der Waals surface area contributed by atoms with Crippen LogP contribution in [0.25, 0.3) is 0 Å². The molecular weight excluding hydrogens is 569 g/mol. The van der Waals surface area contributed by atoms with Gasteiger partial charge in [0.05, 0.1) is 12.2 Å². The molecule has 5 nitrogen and oxygen atoms in total. The summed E-state index contributed by atoms with van der Waals surface area (Å²) < 4.78 is 20.9. The Balaban J connectivity index is 2.02. The Labute approximate surface area is 264 Å². The van der Waals surface area contributed by atoms with Crippen LogP contribution in [0, 0.1) is 23.7 Å². The second-order valence-electron chi connectivity index (χ2n) is 15.8. The van der Waals surface area contributed by atoms with E-state index in [4.69, 9.17) is 13.6 Å². The standard InChI is InChI=1S/C36H58O5Si2/c1-13-14-17-25(2)29(40-42(9,10)35(3,4)5)23-22-27-30(41-43(11,12)36(6,7)8)24-31-33(27)28-20-15-18-26(34(28)39-31)19-16-21-32(37)38/h15,18,20,22-23,25,27,29-31,33H,16-17,19,21,24H2,1-12H3,(H,37,38)/b23-22+/t25-,27-,29?,30?,31-,33-/m0/s1. The summed E-state index contributed by atoms with van der Waals surface area (Å²) in [6.45, 7) is 27.3. The van der Waals surface area contributed by atoms with Crippen molar-refractivity contribution in [2.75, 3.05) is 0 Å². The van der Waals surface area contributed by atoms with Gasteiger partial charge in [0.1, 0.15) is 11.9 Å². The zero-order chi connectivity index (χ0) is 32.4. The molecule has 1 saturated carbocycles. The molecule has 2 aliphatic rings. The van der Waals surface area contributed by atoms with E-state index in [1.54, 1.807) is 0 Å². The van der Waals surface area contributed by atoms with Gasteiger partial charge in [0.15, 0.2) is 16.6 Å². The maximum Gasteiger partial charge on any atom is 0.303 e. The van der Waals surface area contributed by atoms with Crippen molar-refractivity contribution in [1.82, 2.24) is 0 Å². The third-order valence-electron chi connectivity index (χ3n) is 10.5. The van der Waals surface area contributed by atoms with Gasteiger partial charge in [0.25, 0.3) is 0 Å². The number of rotatable bonds is 12. The summed E-state index contributed by atoms with van der Waals surface area (Å²) in [7, 11) is -4.07. The van der Waals surface area contributed by atoms with Crippen molar-refractivity contribution in [2.24, 2.45) is 11.8 Å². The molecule has 43 heavy (non-hydrogen) atoms. The van der Waals surface area contributed by atoms with Gasteiger partial charge in [-0.05, 0) is 67.5 Å². The van der Waals surface area contributed by atoms with Crippen molar-refractivity contribution in [3.8, 4) is 17.6 Å². The molecule has 1 aliphatic carbocycles. The molecular formula is C36H58O5Si2. The number of aliphatic carboxylic acids is 1. The van der Waals surface area contributed by atoms with Gasteiger partial charge in [0.2, 0.25) is 0 Å². The Kier molecular flexibility index (Phi) is 11.3. The average Bonchev–Trinajstić information content (AvgIpc) is 3.39. The number of carbonyl (C=O) groups is 1. The minimum absolute atomic E-state index is 0.0292. The first-order valence-corrected chi connectivity index (χ1v) is 22.0. The van der Waals surface area contributed by atoms with Crippen LogP contribution < -0.4 is 4.74 Å². The molecule has 0 aromatic heterocycles. The Morgan fingerprint density at radius 1 is 1.12 bits per heavy atom. The molecule has 0 amide bonds. The zero-order valence-electron chi connectivity index (χ0n) is 29.0. The highest BCUT2D eigenvalue weighted by atomic mass is 28.4. The Morgan fingerprint density at radius 3 is 2.35 bits per heavy atom. The predicted octanol–water partition coefficient (Wildman–Crippen LogP) is 9.34. The van der Waals surface area contributed by atoms with Crippen LogP contribution in [0.15, 0.2) is 30.4 Å². The first-order chi connectivity index (χ1) is 19.8. The number of aryl methyl sites for hydroxylation is 1. The first kappa shape index (κ1) is 35.6. The van der Waals surface area contributed by atoms with E-state index in [1.807, 2.05) is 6.92 Å². The van der Waals surface area contributed by atoms with Crippen molar-refractivity contribution in [1.29, 1.82) is 0 Å². The van der Waals surface area contributed by atoms with Gasteiger partial charge in [-0.3, -0.25) is 4.79 Å². The molecule has 1 aliphatic heterocycles. The highest BCUT2D eigenvalue weighted by molar-refractivity contribution is 6.74. The Hall–Kier alpha value is -1.86. The zero-order valence-corrected chi connectivity index (χ0v) is 31.0. The number of carboxylic acids is 1. The van der Waals surface area contributed by atoms with E-state index in [9.17, 15) is 9.90 Å².